The highest BCUT2D eigenvalue weighted by Gasteiger charge is 2.16. The summed E-state index contributed by atoms with van der Waals surface area (Å²) in [4.78, 5) is 28.8. The zero-order valence-electron chi connectivity index (χ0n) is 20.0. The highest BCUT2D eigenvalue weighted by Crippen LogP contribution is 2.34. The lowest BCUT2D eigenvalue weighted by atomic mass is 10.1. The Morgan fingerprint density at radius 3 is 2.49 bits per heavy atom. The fraction of sp³-hybridized carbons (Fsp3) is 0.111. The van der Waals surface area contributed by atoms with E-state index >= 15 is 0 Å². The van der Waals surface area contributed by atoms with Crippen LogP contribution in [0.15, 0.2) is 72.8 Å². The van der Waals surface area contributed by atoms with E-state index in [-0.39, 0.29) is 34.6 Å². The molecule has 0 saturated heterocycles. The number of carbonyl (C=O) groups excluding carboxylic acids is 2. The molecule has 3 N–H and O–H groups in total. The van der Waals surface area contributed by atoms with Crippen LogP contribution >= 0.6 is 12.2 Å². The van der Waals surface area contributed by atoms with Crippen LogP contribution in [0.3, 0.4) is 0 Å². The number of methoxy groups -OCH3 is 1. The molecule has 0 fully saturated rings. The summed E-state index contributed by atoms with van der Waals surface area (Å²) in [6.45, 7) is 0. The number of nitrogens with one attached hydrogen (secondary N) is 3. The minimum absolute atomic E-state index is 0.0401. The molecule has 3 aromatic carbocycles. The van der Waals surface area contributed by atoms with Crippen molar-refractivity contribution in [3.05, 3.63) is 89.9 Å². The molecule has 0 aliphatic heterocycles. The van der Waals surface area contributed by atoms with Gasteiger partial charge < -0.3 is 25.4 Å². The highest BCUT2D eigenvalue weighted by molar-refractivity contribution is 7.80. The van der Waals surface area contributed by atoms with Crippen LogP contribution < -0.4 is 25.4 Å². The van der Waals surface area contributed by atoms with Crippen LogP contribution in [-0.4, -0.2) is 36.1 Å². The molecular weight excluding hydrogens is 495 g/mol. The van der Waals surface area contributed by atoms with Crippen LogP contribution in [0.2, 0.25) is 0 Å². The number of pyridine rings is 1. The first kappa shape index (κ1) is 25.5. The Bertz CT molecular complexity index is 1480. The molecule has 0 atom stereocenters. The van der Waals surface area contributed by atoms with Crippen LogP contribution in [0.1, 0.15) is 16.1 Å². The average Bonchev–Trinajstić information content (AvgIpc) is 2.89. The third-order valence-electron chi connectivity index (χ3n) is 5.31. The number of rotatable bonds is 7. The minimum atomic E-state index is -0.677. The summed E-state index contributed by atoms with van der Waals surface area (Å²) in [7, 11) is 3.01. The number of anilines is 1. The first-order valence-corrected chi connectivity index (χ1v) is 11.6. The molecule has 4 aromatic rings. The maximum Gasteiger partial charge on any atom is 0.269 e. The van der Waals surface area contributed by atoms with Crippen molar-refractivity contribution in [3.63, 3.8) is 0 Å². The van der Waals surface area contributed by atoms with Gasteiger partial charge in [0.05, 0.1) is 19.0 Å². The van der Waals surface area contributed by atoms with Gasteiger partial charge in [0.2, 0.25) is 5.91 Å². The Morgan fingerprint density at radius 1 is 1.00 bits per heavy atom. The smallest absolute Gasteiger partial charge is 0.269 e. The van der Waals surface area contributed by atoms with Crippen molar-refractivity contribution in [1.29, 1.82) is 0 Å². The van der Waals surface area contributed by atoms with Crippen molar-refractivity contribution in [3.8, 4) is 17.2 Å². The van der Waals surface area contributed by atoms with E-state index in [0.717, 1.165) is 5.56 Å². The quantitative estimate of drug-likeness (QED) is 0.308. The average molecular weight is 519 g/mol. The Kier molecular flexibility index (Phi) is 7.89. The fourth-order valence-electron chi connectivity index (χ4n) is 3.53. The number of fused-ring (bicyclic) bond motifs is 1. The van der Waals surface area contributed by atoms with Crippen molar-refractivity contribution in [1.82, 2.24) is 15.6 Å². The predicted octanol–water partition coefficient (Wildman–Crippen LogP) is 4.59. The Morgan fingerprint density at radius 2 is 1.78 bits per heavy atom. The molecule has 1 heterocycles. The molecule has 10 heteroatoms. The van der Waals surface area contributed by atoms with Gasteiger partial charge in [0.15, 0.2) is 16.7 Å². The van der Waals surface area contributed by atoms with Gasteiger partial charge in [-0.25, -0.2) is 9.37 Å². The number of hydrogen-bond donors (Lipinski definition) is 3. The summed E-state index contributed by atoms with van der Waals surface area (Å²) in [6, 6.07) is 19.9. The molecule has 0 unspecified atom stereocenters. The lowest BCUT2D eigenvalue weighted by molar-refractivity contribution is -0.119. The maximum absolute atomic E-state index is 15.0. The van der Waals surface area contributed by atoms with Gasteiger partial charge in [-0.2, -0.15) is 0 Å². The van der Waals surface area contributed by atoms with Gasteiger partial charge in [0.1, 0.15) is 17.2 Å². The third-order valence-corrected chi connectivity index (χ3v) is 5.51. The van der Waals surface area contributed by atoms with Crippen LogP contribution in [-0.2, 0) is 11.2 Å². The van der Waals surface area contributed by atoms with Crippen molar-refractivity contribution in [2.24, 2.45) is 0 Å². The molecule has 0 radical (unpaired) electrons. The molecule has 4 rings (SSSR count). The molecular formula is C27H23FN4O4S. The highest BCUT2D eigenvalue weighted by atomic mass is 32.1. The second-order valence-corrected chi connectivity index (χ2v) is 8.29. The normalized spacial score (nSPS) is 10.5. The lowest BCUT2D eigenvalue weighted by Gasteiger charge is -2.14. The summed E-state index contributed by atoms with van der Waals surface area (Å²) in [5.41, 5.74) is 1.72. The summed E-state index contributed by atoms with van der Waals surface area (Å²) in [5, 5.41) is 8.49. The van der Waals surface area contributed by atoms with Crippen LogP contribution in [0, 0.1) is 5.82 Å². The summed E-state index contributed by atoms with van der Waals surface area (Å²) >= 11 is 5.18. The first-order valence-electron chi connectivity index (χ1n) is 11.2. The minimum Gasteiger partial charge on any atom is -0.497 e. The number of benzene rings is 3. The van der Waals surface area contributed by atoms with E-state index in [1.807, 2.05) is 30.3 Å². The van der Waals surface area contributed by atoms with E-state index in [2.05, 4.69) is 20.9 Å². The monoisotopic (exact) mass is 518 g/mol. The summed E-state index contributed by atoms with van der Waals surface area (Å²) in [5.74, 6) is -0.670. The Hall–Kier alpha value is -4.57. The number of thiocarbonyl (C=S) groups is 1. The molecule has 8 nitrogen and oxygen atoms in total. The first-order chi connectivity index (χ1) is 17.9. The van der Waals surface area contributed by atoms with Gasteiger partial charge >= 0.3 is 0 Å². The number of halogens is 1. The molecule has 37 heavy (non-hydrogen) atoms. The number of hydrogen-bond acceptors (Lipinski definition) is 6. The van der Waals surface area contributed by atoms with Crippen LogP contribution in [0.25, 0.3) is 10.9 Å². The Labute approximate surface area is 217 Å². The van der Waals surface area contributed by atoms with Crippen molar-refractivity contribution < 1.29 is 23.5 Å². The van der Waals surface area contributed by atoms with Gasteiger partial charge in [-0.3, -0.25) is 9.59 Å². The largest absolute Gasteiger partial charge is 0.497 e. The number of amides is 2. The molecule has 0 spiro atoms. The van der Waals surface area contributed by atoms with E-state index in [9.17, 15) is 14.0 Å². The molecule has 1 aromatic heterocycles. The SMILES string of the molecule is CNC(=O)c1cc(Oc2ccc(NC(=S)NC(=O)Cc3ccccc3)cc2F)c2ccc(OC)cc2n1. The van der Waals surface area contributed by atoms with Crippen molar-refractivity contribution in [2.45, 2.75) is 6.42 Å². The topological polar surface area (TPSA) is 102 Å². The zero-order chi connectivity index (χ0) is 26.4. The zero-order valence-corrected chi connectivity index (χ0v) is 20.8. The predicted molar refractivity (Wildman–Crippen MR) is 143 cm³/mol. The second-order valence-electron chi connectivity index (χ2n) is 7.88. The fourth-order valence-corrected chi connectivity index (χ4v) is 3.76. The molecule has 0 aliphatic carbocycles. The molecule has 0 saturated carbocycles. The molecule has 188 valence electrons. The van der Waals surface area contributed by atoms with Crippen LogP contribution in [0.4, 0.5) is 10.1 Å². The second kappa shape index (κ2) is 11.4. The Balaban J connectivity index is 1.50. The third kappa shape index (κ3) is 6.36. The van der Waals surface area contributed by atoms with E-state index in [4.69, 9.17) is 21.7 Å². The number of carbonyl (C=O) groups is 2. The number of nitrogens with zero attached hydrogens (tertiary/aromatic N) is 1. The van der Waals surface area contributed by atoms with Gasteiger partial charge in [0.25, 0.3) is 5.91 Å². The van der Waals surface area contributed by atoms with Crippen molar-refractivity contribution >= 4 is 45.7 Å². The van der Waals surface area contributed by atoms with Gasteiger partial charge in [-0.1, -0.05) is 30.3 Å². The van der Waals surface area contributed by atoms with E-state index in [0.29, 0.717) is 22.3 Å². The standard InChI is InChI=1S/C27H23FN4O4S/c1-29-26(34)22-15-24(19-10-9-18(35-2)14-21(19)31-22)36-23-11-8-17(13-20(23)28)30-27(37)32-25(33)12-16-6-4-3-5-7-16/h3-11,13-15H,12H2,1-2H3,(H,29,34)(H2,30,32,33,37). The van der Waals surface area contributed by atoms with E-state index < -0.39 is 11.7 Å². The molecule has 2 amide bonds. The summed E-state index contributed by atoms with van der Waals surface area (Å²) in [6.07, 6.45) is 0.160. The number of ether oxygens (including phenoxy) is 2. The molecule has 0 aliphatic rings. The lowest BCUT2D eigenvalue weighted by Crippen LogP contribution is -2.35. The van der Waals surface area contributed by atoms with Crippen molar-refractivity contribution in [2.75, 3.05) is 19.5 Å². The van der Waals surface area contributed by atoms with Gasteiger partial charge in [0, 0.05) is 36.3 Å². The van der Waals surface area contributed by atoms with Crippen LogP contribution in [0.5, 0.6) is 17.2 Å². The molecule has 0 bridgehead atoms. The summed E-state index contributed by atoms with van der Waals surface area (Å²) < 4.78 is 26.1. The maximum atomic E-state index is 15.0. The number of aromatic nitrogens is 1. The van der Waals surface area contributed by atoms with Gasteiger partial charge in [-0.05, 0) is 42.0 Å². The van der Waals surface area contributed by atoms with E-state index in [1.54, 1.807) is 24.3 Å². The van der Waals surface area contributed by atoms with Gasteiger partial charge in [-0.15, -0.1) is 0 Å². The van der Waals surface area contributed by atoms with E-state index in [1.165, 1.54) is 32.4 Å².